The number of nitrogens with zero attached hydrogens (tertiary/aromatic N) is 1. The van der Waals surface area contributed by atoms with Crippen molar-refractivity contribution in [2.24, 2.45) is 0 Å². The van der Waals surface area contributed by atoms with Crippen molar-refractivity contribution in [1.82, 2.24) is 10.2 Å². The Morgan fingerprint density at radius 3 is 2.70 bits per heavy atom. The first-order chi connectivity index (χ1) is 13.0. The number of nitrogens with one attached hydrogen (secondary N) is 2. The molecule has 0 unspecified atom stereocenters. The number of carbonyl (C=O) groups is 1. The van der Waals surface area contributed by atoms with Gasteiger partial charge in [-0.3, -0.25) is 15.3 Å². The fourth-order valence-electron chi connectivity index (χ4n) is 2.65. The van der Waals surface area contributed by atoms with Crippen molar-refractivity contribution in [2.75, 3.05) is 0 Å². The molecule has 138 valence electrons. The molecule has 0 fully saturated rings. The van der Waals surface area contributed by atoms with Gasteiger partial charge in [0.2, 0.25) is 0 Å². The molecule has 0 amide bonds. The summed E-state index contributed by atoms with van der Waals surface area (Å²) in [5, 5.41) is 15.1. The number of aromatic nitrogens is 2. The van der Waals surface area contributed by atoms with Gasteiger partial charge in [0.1, 0.15) is 11.5 Å². The van der Waals surface area contributed by atoms with E-state index in [1.807, 2.05) is 36.4 Å². The highest BCUT2D eigenvalue weighted by molar-refractivity contribution is 8.17. The van der Waals surface area contributed by atoms with E-state index in [4.69, 9.17) is 10.1 Å². The van der Waals surface area contributed by atoms with Crippen LogP contribution in [0.15, 0.2) is 59.4 Å². The van der Waals surface area contributed by atoms with Crippen LogP contribution in [0.25, 0.3) is 17.3 Å². The Bertz CT molecular complexity index is 937. The minimum absolute atomic E-state index is 0.0719. The highest BCUT2D eigenvalue weighted by Gasteiger charge is 2.11. The maximum Gasteiger partial charge on any atom is 0.166 e. The number of ketones is 1. The number of hydrogen-bond acceptors (Lipinski definition) is 5. The Kier molecular flexibility index (Phi) is 6.08. The highest BCUT2D eigenvalue weighted by Crippen LogP contribution is 2.29. The first kappa shape index (κ1) is 18.9. The number of hydrogen-bond donors (Lipinski definition) is 2. The Morgan fingerprint density at radius 2 is 2.07 bits per heavy atom. The second-order valence-electron chi connectivity index (χ2n) is 6.15. The summed E-state index contributed by atoms with van der Waals surface area (Å²) in [7, 11) is 0. The third-order valence-electron chi connectivity index (χ3n) is 3.93. The molecule has 2 aromatic rings. The van der Waals surface area contributed by atoms with Crippen LogP contribution in [0.1, 0.15) is 32.3 Å². The van der Waals surface area contributed by atoms with E-state index in [1.165, 1.54) is 6.92 Å². The molecule has 1 heterocycles. The van der Waals surface area contributed by atoms with Crippen molar-refractivity contribution in [1.29, 1.82) is 5.41 Å². The van der Waals surface area contributed by atoms with Crippen LogP contribution in [0.4, 0.5) is 0 Å². The van der Waals surface area contributed by atoms with E-state index >= 15 is 0 Å². The molecule has 3 rings (SSSR count). The number of Topliss-reactive ketones (excluding diaryl/α,β-unsaturated/α-hetero) is 1. The molecule has 1 aliphatic rings. The number of benzene rings is 1. The Labute approximate surface area is 162 Å². The molecule has 1 aromatic heterocycles. The van der Waals surface area contributed by atoms with Gasteiger partial charge in [-0.05, 0) is 56.7 Å². The van der Waals surface area contributed by atoms with Gasteiger partial charge in [0.05, 0.1) is 21.8 Å². The van der Waals surface area contributed by atoms with Crippen molar-refractivity contribution in [3.8, 4) is 17.0 Å². The van der Waals surface area contributed by atoms with E-state index < -0.39 is 0 Å². The monoisotopic (exact) mass is 379 g/mol. The average Bonchev–Trinajstić information content (AvgIpc) is 3.10. The molecular formula is C21H21N3O2S. The van der Waals surface area contributed by atoms with Gasteiger partial charge in [-0.2, -0.15) is 5.10 Å². The SMILES string of the molecule is CC(=N)SC(=Cc1cn[nH]c1-c1ccc(OC2=CC=CCC2)cc1)C(C)=O. The molecule has 0 bridgehead atoms. The van der Waals surface area contributed by atoms with Crippen LogP contribution in [0.3, 0.4) is 0 Å². The smallest absolute Gasteiger partial charge is 0.166 e. The van der Waals surface area contributed by atoms with Crippen molar-refractivity contribution in [2.45, 2.75) is 26.7 Å². The predicted molar refractivity (Wildman–Crippen MR) is 111 cm³/mol. The van der Waals surface area contributed by atoms with E-state index in [1.54, 1.807) is 19.2 Å². The standard InChI is InChI=1S/C21H21N3O2S/c1-14(25)20(27-15(2)22)12-17-13-23-24-21(17)16-8-10-19(11-9-16)26-18-6-4-3-5-7-18/h3-4,6,8-13,22H,5,7H2,1-2H3,(H,23,24). The number of ether oxygens (including phenoxy) is 1. The van der Waals surface area contributed by atoms with Gasteiger partial charge >= 0.3 is 0 Å². The van der Waals surface area contributed by atoms with Gasteiger partial charge in [-0.1, -0.05) is 23.9 Å². The summed E-state index contributed by atoms with van der Waals surface area (Å²) in [5.41, 5.74) is 2.58. The Morgan fingerprint density at radius 1 is 1.30 bits per heavy atom. The van der Waals surface area contributed by atoms with Crippen LogP contribution in [-0.4, -0.2) is 21.0 Å². The van der Waals surface area contributed by atoms with Gasteiger partial charge < -0.3 is 4.74 Å². The summed E-state index contributed by atoms with van der Waals surface area (Å²) in [4.78, 5) is 12.4. The summed E-state index contributed by atoms with van der Waals surface area (Å²) in [5.74, 6) is 1.68. The van der Waals surface area contributed by atoms with Gasteiger partial charge in [0.15, 0.2) is 5.78 Å². The molecule has 6 heteroatoms. The van der Waals surface area contributed by atoms with Crippen molar-refractivity contribution < 1.29 is 9.53 Å². The lowest BCUT2D eigenvalue weighted by Gasteiger charge is -2.11. The zero-order valence-corrected chi connectivity index (χ0v) is 16.1. The second-order valence-corrected chi connectivity index (χ2v) is 7.41. The van der Waals surface area contributed by atoms with E-state index in [9.17, 15) is 4.79 Å². The lowest BCUT2D eigenvalue weighted by atomic mass is 10.1. The van der Waals surface area contributed by atoms with Crippen LogP contribution in [-0.2, 0) is 4.79 Å². The molecular weight excluding hydrogens is 358 g/mol. The zero-order valence-electron chi connectivity index (χ0n) is 15.3. The van der Waals surface area contributed by atoms with E-state index in [0.717, 1.165) is 52.9 Å². The maximum atomic E-state index is 11.8. The van der Waals surface area contributed by atoms with Crippen LogP contribution in [0.5, 0.6) is 5.75 Å². The first-order valence-electron chi connectivity index (χ1n) is 8.66. The van der Waals surface area contributed by atoms with Gasteiger partial charge in [0, 0.05) is 17.5 Å². The third-order valence-corrected chi connectivity index (χ3v) is 4.86. The number of carbonyl (C=O) groups excluding carboxylic acids is 1. The molecule has 27 heavy (non-hydrogen) atoms. The number of H-pyrrole nitrogens is 1. The average molecular weight is 379 g/mol. The van der Waals surface area contributed by atoms with Crippen LogP contribution in [0.2, 0.25) is 0 Å². The summed E-state index contributed by atoms with van der Waals surface area (Å²) in [6, 6.07) is 7.76. The Hall–Kier alpha value is -2.86. The molecule has 0 radical (unpaired) electrons. The van der Waals surface area contributed by atoms with Crippen molar-refractivity contribution >= 4 is 28.7 Å². The fourth-order valence-corrected chi connectivity index (χ4v) is 3.31. The molecule has 0 aliphatic heterocycles. The van der Waals surface area contributed by atoms with Crippen molar-refractivity contribution in [3.05, 3.63) is 64.9 Å². The summed E-state index contributed by atoms with van der Waals surface area (Å²) < 4.78 is 5.90. The van der Waals surface area contributed by atoms with Gasteiger partial charge in [0.25, 0.3) is 0 Å². The number of rotatable bonds is 6. The molecule has 0 saturated heterocycles. The molecule has 1 aromatic carbocycles. The maximum absolute atomic E-state index is 11.8. The summed E-state index contributed by atoms with van der Waals surface area (Å²) in [6.45, 7) is 3.16. The second kappa shape index (κ2) is 8.68. The fraction of sp³-hybridized carbons (Fsp3) is 0.190. The zero-order chi connectivity index (χ0) is 19.2. The molecule has 0 saturated carbocycles. The van der Waals surface area contributed by atoms with Crippen molar-refractivity contribution in [3.63, 3.8) is 0 Å². The minimum atomic E-state index is -0.0719. The number of allylic oxidation sites excluding steroid dienone is 5. The molecule has 5 nitrogen and oxygen atoms in total. The van der Waals surface area contributed by atoms with Crippen LogP contribution < -0.4 is 4.74 Å². The molecule has 1 aliphatic carbocycles. The predicted octanol–water partition coefficient (Wildman–Crippen LogP) is 5.35. The van der Waals surface area contributed by atoms with Crippen LogP contribution in [0, 0.1) is 5.41 Å². The van der Waals surface area contributed by atoms with Gasteiger partial charge in [-0.25, -0.2) is 0 Å². The summed E-state index contributed by atoms with van der Waals surface area (Å²) in [6.07, 6.45) is 11.5. The quantitative estimate of drug-likeness (QED) is 0.403. The largest absolute Gasteiger partial charge is 0.462 e. The third kappa shape index (κ3) is 5.08. The Balaban J connectivity index is 1.82. The van der Waals surface area contributed by atoms with E-state index in [2.05, 4.69) is 16.3 Å². The highest BCUT2D eigenvalue weighted by atomic mass is 32.2. The normalized spacial score (nSPS) is 14.0. The van der Waals surface area contributed by atoms with E-state index in [-0.39, 0.29) is 5.78 Å². The molecule has 0 spiro atoms. The lowest BCUT2D eigenvalue weighted by Crippen LogP contribution is -1.97. The topological polar surface area (TPSA) is 78.8 Å². The van der Waals surface area contributed by atoms with Crippen LogP contribution >= 0.6 is 11.8 Å². The number of aromatic amines is 1. The lowest BCUT2D eigenvalue weighted by molar-refractivity contribution is -0.112. The molecule has 0 atom stereocenters. The van der Waals surface area contributed by atoms with E-state index in [0.29, 0.717) is 9.95 Å². The first-order valence-corrected chi connectivity index (χ1v) is 9.47. The number of thioether (sulfide) groups is 1. The minimum Gasteiger partial charge on any atom is -0.462 e. The molecule has 2 N–H and O–H groups in total. The van der Waals surface area contributed by atoms with Gasteiger partial charge in [-0.15, -0.1) is 0 Å². The summed E-state index contributed by atoms with van der Waals surface area (Å²) >= 11 is 1.15.